The summed E-state index contributed by atoms with van der Waals surface area (Å²) in [4.78, 5) is 50.5. The molecule has 0 fully saturated rings. The molecule has 0 spiro atoms. The highest BCUT2D eigenvalue weighted by Gasteiger charge is 2.29. The van der Waals surface area contributed by atoms with Gasteiger partial charge in [0, 0.05) is 83.7 Å². The number of nitrogens with zero attached hydrogens (tertiary/aromatic N) is 19. The lowest BCUT2D eigenvalue weighted by atomic mass is 10.00. The minimum atomic E-state index is -0.303. The molecule has 0 aliphatic carbocycles. The molecule has 19 nitrogen and oxygen atoms in total. The molecule has 6 heterocycles. The summed E-state index contributed by atoms with van der Waals surface area (Å²) in [5, 5.41) is 42.1. The third kappa shape index (κ3) is 17.5. The van der Waals surface area contributed by atoms with E-state index in [0.29, 0.717) is 17.5 Å². The van der Waals surface area contributed by atoms with Gasteiger partial charge >= 0.3 is 11.6 Å². The molecule has 0 radical (unpaired) electrons. The highest BCUT2D eigenvalue weighted by Crippen LogP contribution is 2.45. The fourth-order valence-corrected chi connectivity index (χ4v) is 19.1. The SMILES string of the molecule is [C-]#[N+]c1nc2c(nc1C#N)c1nc(C#N)c(C#N)nc1c1nc(C#N)c([N+]#[C-])nc12.c1ccc(-c2ccc(-c3ccc(N(c4ccccc4)c4ccc(-c5ccc(N(c6ccc(-c7ccccc7)cc6)c6ccc(-c7ccccc7)cc6)cc5)cc4)cc3)cc2)cc1.c1ccc(-c2nc(-c3ccccc3)nc(-c3ccc(-n4c5ccccc5c5cc(-c6ccc7c(c6)c6ccccc6n7-c6ccccc6)ccc54)cc3)n2)cc1. The number of nitriles is 4. The fraction of sp³-hybridized carbons (Fsp3) is 0. The highest BCUT2D eigenvalue weighted by atomic mass is 15.2. The average molecular weight is 1890 g/mol. The van der Waals surface area contributed by atoms with E-state index >= 15 is 0 Å². The van der Waals surface area contributed by atoms with E-state index in [0.717, 1.165) is 84.3 Å². The van der Waals surface area contributed by atoms with Gasteiger partial charge in [-0.15, -0.1) is 9.97 Å². The number of hydrogen-bond donors (Lipinski definition) is 0. The van der Waals surface area contributed by atoms with Crippen LogP contribution in [-0.4, -0.2) is 54.0 Å². The Morgan fingerprint density at radius 3 is 0.709 bits per heavy atom. The van der Waals surface area contributed by atoms with Gasteiger partial charge in [-0.05, 0) is 212 Å². The molecule has 19 aromatic carbocycles. The summed E-state index contributed by atoms with van der Waals surface area (Å²) >= 11 is 0. The van der Waals surface area contributed by atoms with E-state index in [2.05, 4.69) is 465 Å². The van der Waals surface area contributed by atoms with E-state index in [1.54, 1.807) is 24.3 Å². The second-order valence-corrected chi connectivity index (χ2v) is 35.0. The zero-order valence-corrected chi connectivity index (χ0v) is 79.0. The first-order valence-electron chi connectivity index (χ1n) is 47.8. The molecule has 0 unspecified atom stereocenters. The van der Waals surface area contributed by atoms with Crippen molar-refractivity contribution in [2.24, 2.45) is 0 Å². The Balaban J connectivity index is 0.000000129. The Hall–Kier alpha value is -21.7. The fourth-order valence-electron chi connectivity index (χ4n) is 19.1. The molecular formula is C129H77N19. The van der Waals surface area contributed by atoms with Crippen LogP contribution in [0.3, 0.4) is 0 Å². The molecule has 0 amide bonds. The second kappa shape index (κ2) is 39.9. The van der Waals surface area contributed by atoms with Crippen molar-refractivity contribution in [2.45, 2.75) is 0 Å². The maximum atomic E-state index is 9.30. The molecule has 0 N–H and O–H groups in total. The molecule has 0 atom stereocenters. The molecular weight excluding hydrogens is 1820 g/mol. The Morgan fingerprint density at radius 2 is 0.405 bits per heavy atom. The highest BCUT2D eigenvalue weighted by molar-refractivity contribution is 6.19. The molecule has 0 saturated carbocycles. The summed E-state index contributed by atoms with van der Waals surface area (Å²) in [7, 11) is 0. The number of benzene rings is 19. The normalized spacial score (nSPS) is 10.9. The number of rotatable bonds is 17. The van der Waals surface area contributed by atoms with Crippen molar-refractivity contribution in [2.75, 3.05) is 9.80 Å². The largest absolute Gasteiger partial charge is 0.358 e. The average Bonchev–Trinajstić information content (AvgIpc) is 1.61. The van der Waals surface area contributed by atoms with Crippen LogP contribution in [0, 0.1) is 58.5 Å². The van der Waals surface area contributed by atoms with E-state index in [4.69, 9.17) is 28.1 Å². The molecule has 25 rings (SSSR count). The van der Waals surface area contributed by atoms with Crippen LogP contribution in [0.5, 0.6) is 0 Å². The summed E-state index contributed by atoms with van der Waals surface area (Å²) in [6, 6.07) is 173. The maximum absolute atomic E-state index is 9.30. The van der Waals surface area contributed by atoms with Crippen molar-refractivity contribution in [1.82, 2.24) is 54.0 Å². The number of hydrogen-bond acceptors (Lipinski definition) is 15. The van der Waals surface area contributed by atoms with Gasteiger partial charge in [0.1, 0.15) is 46.3 Å². The zero-order valence-electron chi connectivity index (χ0n) is 79.0. The first-order valence-corrected chi connectivity index (χ1v) is 47.8. The molecule has 0 saturated heterocycles. The van der Waals surface area contributed by atoms with Gasteiger partial charge in [0.15, 0.2) is 40.2 Å². The maximum Gasteiger partial charge on any atom is 0.307 e. The molecule has 19 heteroatoms. The van der Waals surface area contributed by atoms with Crippen LogP contribution in [0.25, 0.3) is 199 Å². The minimum absolute atomic E-state index is 0.00714. The summed E-state index contributed by atoms with van der Waals surface area (Å²) in [6.45, 7) is 14.5. The van der Waals surface area contributed by atoms with Crippen molar-refractivity contribution < 1.29 is 0 Å². The van der Waals surface area contributed by atoms with E-state index in [1.807, 2.05) is 60.7 Å². The van der Waals surface area contributed by atoms with Crippen molar-refractivity contribution in [3.8, 4) is 137 Å². The van der Waals surface area contributed by atoms with Gasteiger partial charge in [0.2, 0.25) is 11.0 Å². The summed E-state index contributed by atoms with van der Waals surface area (Å²) in [5.41, 5.74) is 29.5. The van der Waals surface area contributed by atoms with Gasteiger partial charge < -0.3 is 28.6 Å². The van der Waals surface area contributed by atoms with Gasteiger partial charge in [0.25, 0.3) is 0 Å². The van der Waals surface area contributed by atoms with Crippen molar-refractivity contribution >= 4 is 122 Å². The Bertz CT molecular complexity index is 9150. The van der Waals surface area contributed by atoms with Crippen LogP contribution >= 0.6 is 0 Å². The molecule has 148 heavy (non-hydrogen) atoms. The smallest absolute Gasteiger partial charge is 0.307 e. The predicted octanol–water partition coefficient (Wildman–Crippen LogP) is 31.8. The van der Waals surface area contributed by atoms with Gasteiger partial charge in [-0.1, -0.05) is 335 Å². The predicted molar refractivity (Wildman–Crippen MR) is 590 cm³/mol. The molecule has 25 aromatic rings. The lowest BCUT2D eigenvalue weighted by Crippen LogP contribution is -2.10. The topological polar surface area (TPSA) is 236 Å². The van der Waals surface area contributed by atoms with Gasteiger partial charge in [-0.25, -0.2) is 34.9 Å². The van der Waals surface area contributed by atoms with Crippen molar-refractivity contribution in [3.05, 3.63) is 513 Å². The first-order chi connectivity index (χ1) is 73.1. The Kier molecular flexibility index (Phi) is 24.3. The van der Waals surface area contributed by atoms with Crippen LogP contribution in [0.4, 0.5) is 45.8 Å². The summed E-state index contributed by atoms with van der Waals surface area (Å²) in [5.74, 6) is 1.34. The monoisotopic (exact) mass is 1890 g/mol. The van der Waals surface area contributed by atoms with Crippen LogP contribution in [0.15, 0.2) is 467 Å². The van der Waals surface area contributed by atoms with E-state index < -0.39 is 0 Å². The number of anilines is 6. The minimum Gasteiger partial charge on any atom is -0.358 e. The van der Waals surface area contributed by atoms with Crippen molar-refractivity contribution in [3.63, 3.8) is 0 Å². The van der Waals surface area contributed by atoms with Crippen LogP contribution in [0.1, 0.15) is 22.8 Å². The van der Waals surface area contributed by atoms with Gasteiger partial charge in [-0.2, -0.15) is 21.0 Å². The Morgan fingerprint density at radius 1 is 0.189 bits per heavy atom. The summed E-state index contributed by atoms with van der Waals surface area (Å²) < 4.78 is 4.72. The third-order valence-electron chi connectivity index (χ3n) is 26.2. The number of fused-ring (bicyclic) bond motifs is 12. The number of para-hydroxylation sites is 4. The lowest BCUT2D eigenvalue weighted by Gasteiger charge is -2.26. The molecule has 0 bridgehead atoms. The van der Waals surface area contributed by atoms with Crippen LogP contribution in [0.2, 0.25) is 0 Å². The molecule has 6 aromatic heterocycles. The first kappa shape index (κ1) is 90.2. The van der Waals surface area contributed by atoms with Gasteiger partial charge in [0.05, 0.1) is 22.1 Å². The Labute approximate surface area is 850 Å². The molecule has 0 aliphatic heterocycles. The summed E-state index contributed by atoms with van der Waals surface area (Å²) in [6.07, 6.45) is 0. The van der Waals surface area contributed by atoms with E-state index in [1.165, 1.54) is 88.2 Å². The van der Waals surface area contributed by atoms with E-state index in [-0.39, 0.29) is 67.5 Å². The third-order valence-corrected chi connectivity index (χ3v) is 26.2. The van der Waals surface area contributed by atoms with Crippen LogP contribution < -0.4 is 9.80 Å². The van der Waals surface area contributed by atoms with E-state index in [9.17, 15) is 21.0 Å². The standard InChI is InChI=1S/C60H44N2.C51H33N5.C18N12/c1-5-13-45(14-6-1)48-21-23-49(24-22-48)52-29-39-56(40-30-52)61(55-19-11-4-12-20-55)57-41-31-53(32-42-57)54-33-43-60(44-34-54)62(58-35-25-50(26-36-58)46-15-7-2-8-16-46)59-37-27-51(28-38-59)47-17-9-3-10-18-47;1-4-14-34(15-5-1)49-52-50(35-16-6-2-7-17-35)54-51(53-49)36-24-28-40(29-25-36)56-46-23-13-11-21-42(46)44-33-38(27-31-48(44)56)37-26-30-47-43(32-37)41-20-10-12-22-45(41)55(47)39-18-8-3-9-19-39;1-23-17-9(5-21)27-13-11-12(26-8(4-20)7(3-19)25-11)14-16(15(13)29-17)30-18(24-2)10(6-22)28-14/h1-44H;1-33H;. The molecule has 688 valence electrons. The van der Waals surface area contributed by atoms with Gasteiger partial charge in [-0.3, -0.25) is 0 Å². The number of aromatic nitrogens is 11. The quantitative estimate of drug-likeness (QED) is 0.0609. The molecule has 0 aliphatic rings. The van der Waals surface area contributed by atoms with Crippen LogP contribution in [-0.2, 0) is 0 Å². The zero-order chi connectivity index (χ0) is 99.9. The van der Waals surface area contributed by atoms with Crippen molar-refractivity contribution in [1.29, 1.82) is 21.0 Å². The second-order valence-electron chi connectivity index (χ2n) is 35.0. The lowest BCUT2D eigenvalue weighted by molar-refractivity contribution is 1.07.